The van der Waals surface area contributed by atoms with Crippen molar-refractivity contribution in [3.05, 3.63) is 60.2 Å². The van der Waals surface area contributed by atoms with Crippen LogP contribution in [-0.2, 0) is 6.54 Å². The number of fused-ring (bicyclic) bond motifs is 2. The molecule has 1 fully saturated rings. The highest BCUT2D eigenvalue weighted by atomic mass is 16.5. The first-order valence-electron chi connectivity index (χ1n) is 9.64. The first-order valence-corrected chi connectivity index (χ1v) is 9.64. The third-order valence-electron chi connectivity index (χ3n) is 5.40. The summed E-state index contributed by atoms with van der Waals surface area (Å²) in [7, 11) is 3.42. The van der Waals surface area contributed by atoms with Crippen LogP contribution in [-0.4, -0.2) is 44.5 Å². The molecule has 5 rings (SSSR count). The van der Waals surface area contributed by atoms with E-state index in [0.717, 1.165) is 33.4 Å². The van der Waals surface area contributed by atoms with E-state index in [1.807, 2.05) is 36.7 Å². The number of carbonyl (C=O) groups is 1. The van der Waals surface area contributed by atoms with Crippen LogP contribution in [0.3, 0.4) is 0 Å². The molecule has 0 bridgehead atoms. The third kappa shape index (κ3) is 3.08. The van der Waals surface area contributed by atoms with Gasteiger partial charge in [-0.15, -0.1) is 0 Å². The fourth-order valence-electron chi connectivity index (χ4n) is 3.71. The number of carbonyl (C=O) groups excluding carboxylic acids is 1. The molecule has 1 saturated carbocycles. The van der Waals surface area contributed by atoms with E-state index in [4.69, 9.17) is 4.74 Å². The Morgan fingerprint density at radius 2 is 2.10 bits per heavy atom. The Balaban J connectivity index is 1.42. The van der Waals surface area contributed by atoms with E-state index in [0.29, 0.717) is 18.2 Å². The van der Waals surface area contributed by atoms with Gasteiger partial charge in [-0.25, -0.2) is 9.97 Å². The SMILES string of the molecule is COc1ccc(CN(C)C(=O)c2cnc3c(c2)ncn3C2CC2)c2cccnc12. The zero-order chi connectivity index (χ0) is 20.0. The predicted octanol–water partition coefficient (Wildman–Crippen LogP) is 3.60. The average molecular weight is 387 g/mol. The van der Waals surface area contributed by atoms with Crippen molar-refractivity contribution in [3.8, 4) is 5.75 Å². The van der Waals surface area contributed by atoms with Crippen molar-refractivity contribution < 1.29 is 9.53 Å². The molecular weight excluding hydrogens is 366 g/mol. The molecule has 146 valence electrons. The third-order valence-corrected chi connectivity index (χ3v) is 5.40. The number of aromatic nitrogens is 4. The van der Waals surface area contributed by atoms with Crippen LogP contribution in [0.25, 0.3) is 22.1 Å². The van der Waals surface area contributed by atoms with Crippen molar-refractivity contribution >= 4 is 28.0 Å². The van der Waals surface area contributed by atoms with Gasteiger partial charge >= 0.3 is 0 Å². The maximum absolute atomic E-state index is 13.0. The van der Waals surface area contributed by atoms with Gasteiger partial charge in [0.25, 0.3) is 5.91 Å². The van der Waals surface area contributed by atoms with Crippen LogP contribution < -0.4 is 4.74 Å². The quantitative estimate of drug-likeness (QED) is 0.523. The maximum atomic E-state index is 13.0. The molecule has 0 aliphatic heterocycles. The van der Waals surface area contributed by atoms with Gasteiger partial charge in [-0.1, -0.05) is 12.1 Å². The van der Waals surface area contributed by atoms with Gasteiger partial charge in [0.2, 0.25) is 0 Å². The number of benzene rings is 1. The second kappa shape index (κ2) is 6.84. The van der Waals surface area contributed by atoms with Crippen LogP contribution >= 0.6 is 0 Å². The summed E-state index contributed by atoms with van der Waals surface area (Å²) >= 11 is 0. The molecule has 0 saturated heterocycles. The van der Waals surface area contributed by atoms with Crippen molar-refractivity contribution in [1.82, 2.24) is 24.4 Å². The molecule has 0 radical (unpaired) electrons. The number of ether oxygens (including phenoxy) is 1. The number of rotatable bonds is 5. The Hall–Kier alpha value is -3.48. The highest BCUT2D eigenvalue weighted by Crippen LogP contribution is 2.36. The normalized spacial score (nSPS) is 13.7. The van der Waals surface area contributed by atoms with Gasteiger partial charge < -0.3 is 14.2 Å². The highest BCUT2D eigenvalue weighted by Gasteiger charge is 2.26. The maximum Gasteiger partial charge on any atom is 0.255 e. The molecule has 3 aromatic heterocycles. The molecule has 7 nitrogen and oxygen atoms in total. The summed E-state index contributed by atoms with van der Waals surface area (Å²) in [6.07, 6.45) is 7.55. The minimum atomic E-state index is -0.0896. The Morgan fingerprint density at radius 3 is 2.90 bits per heavy atom. The van der Waals surface area contributed by atoms with Gasteiger partial charge in [0.15, 0.2) is 5.65 Å². The van der Waals surface area contributed by atoms with E-state index in [2.05, 4.69) is 19.5 Å². The Labute approximate surface area is 168 Å². The minimum Gasteiger partial charge on any atom is -0.494 e. The largest absolute Gasteiger partial charge is 0.494 e. The van der Waals surface area contributed by atoms with Crippen LogP contribution in [0, 0.1) is 0 Å². The zero-order valence-electron chi connectivity index (χ0n) is 16.4. The summed E-state index contributed by atoms with van der Waals surface area (Å²) < 4.78 is 7.51. The lowest BCUT2D eigenvalue weighted by Gasteiger charge is -2.19. The van der Waals surface area contributed by atoms with Crippen LogP contribution in [0.5, 0.6) is 5.75 Å². The molecule has 7 heteroatoms. The number of hydrogen-bond donors (Lipinski definition) is 0. The average Bonchev–Trinajstić information content (AvgIpc) is 3.52. The van der Waals surface area contributed by atoms with Gasteiger partial charge in [-0.3, -0.25) is 9.78 Å². The minimum absolute atomic E-state index is 0.0896. The number of nitrogens with zero attached hydrogens (tertiary/aromatic N) is 5. The summed E-state index contributed by atoms with van der Waals surface area (Å²) in [5.41, 5.74) is 3.95. The highest BCUT2D eigenvalue weighted by molar-refractivity contribution is 5.96. The number of imidazole rings is 1. The topological polar surface area (TPSA) is 73.1 Å². The van der Waals surface area contributed by atoms with Crippen molar-refractivity contribution in [2.75, 3.05) is 14.2 Å². The molecule has 1 amide bonds. The molecule has 0 unspecified atom stereocenters. The first kappa shape index (κ1) is 17.6. The molecule has 3 heterocycles. The van der Waals surface area contributed by atoms with Gasteiger partial charge in [0.1, 0.15) is 16.8 Å². The lowest BCUT2D eigenvalue weighted by molar-refractivity contribution is 0.0785. The second-order valence-corrected chi connectivity index (χ2v) is 7.44. The monoisotopic (exact) mass is 387 g/mol. The molecule has 1 aromatic carbocycles. The molecule has 0 atom stereocenters. The van der Waals surface area contributed by atoms with Gasteiger partial charge in [0.05, 0.1) is 19.0 Å². The second-order valence-electron chi connectivity index (χ2n) is 7.44. The summed E-state index contributed by atoms with van der Waals surface area (Å²) in [4.78, 5) is 28.1. The Morgan fingerprint density at radius 1 is 1.24 bits per heavy atom. The number of pyridine rings is 2. The lowest BCUT2D eigenvalue weighted by Crippen LogP contribution is -2.26. The molecule has 1 aliphatic rings. The summed E-state index contributed by atoms with van der Waals surface area (Å²) in [5.74, 6) is 0.632. The molecule has 1 aliphatic carbocycles. The van der Waals surface area contributed by atoms with E-state index in [9.17, 15) is 4.79 Å². The first-order chi connectivity index (χ1) is 14.2. The summed E-state index contributed by atoms with van der Waals surface area (Å²) in [5, 5.41) is 0.975. The van der Waals surface area contributed by atoms with E-state index >= 15 is 0 Å². The molecule has 4 aromatic rings. The summed E-state index contributed by atoms with van der Waals surface area (Å²) in [6, 6.07) is 10.1. The zero-order valence-corrected chi connectivity index (χ0v) is 16.4. The summed E-state index contributed by atoms with van der Waals surface area (Å²) in [6.45, 7) is 0.458. The van der Waals surface area contributed by atoms with Crippen molar-refractivity contribution in [1.29, 1.82) is 0 Å². The Kier molecular flexibility index (Phi) is 4.16. The van der Waals surface area contributed by atoms with Gasteiger partial charge in [0, 0.05) is 37.4 Å². The number of hydrogen-bond acceptors (Lipinski definition) is 5. The smallest absolute Gasteiger partial charge is 0.255 e. The van der Waals surface area contributed by atoms with E-state index < -0.39 is 0 Å². The van der Waals surface area contributed by atoms with Crippen LogP contribution in [0.1, 0.15) is 34.8 Å². The lowest BCUT2D eigenvalue weighted by atomic mass is 10.1. The van der Waals surface area contributed by atoms with Crippen LogP contribution in [0.4, 0.5) is 0 Å². The number of amides is 1. The molecular formula is C22H21N5O2. The van der Waals surface area contributed by atoms with Gasteiger partial charge in [-0.2, -0.15) is 0 Å². The molecule has 0 spiro atoms. The van der Waals surface area contributed by atoms with Crippen molar-refractivity contribution in [2.45, 2.75) is 25.4 Å². The van der Waals surface area contributed by atoms with Crippen molar-refractivity contribution in [2.24, 2.45) is 0 Å². The molecule has 0 N–H and O–H groups in total. The van der Waals surface area contributed by atoms with E-state index in [-0.39, 0.29) is 5.91 Å². The predicted molar refractivity (Wildman–Crippen MR) is 110 cm³/mol. The fourth-order valence-corrected chi connectivity index (χ4v) is 3.71. The van der Waals surface area contributed by atoms with Crippen LogP contribution in [0.15, 0.2) is 49.1 Å². The van der Waals surface area contributed by atoms with Crippen molar-refractivity contribution in [3.63, 3.8) is 0 Å². The standard InChI is InChI=1S/C22H21N5O2/c1-26(12-14-5-8-19(29-2)20-17(14)4-3-9-23-20)22(28)15-10-18-21(24-11-15)27(13-25-18)16-6-7-16/h3-5,8-11,13,16H,6-7,12H2,1-2H3. The van der Waals surface area contributed by atoms with E-state index in [1.165, 1.54) is 12.8 Å². The van der Waals surface area contributed by atoms with E-state index in [1.54, 1.807) is 31.5 Å². The van der Waals surface area contributed by atoms with Gasteiger partial charge in [-0.05, 0) is 36.6 Å². The number of methoxy groups -OCH3 is 1. The fraction of sp³-hybridized carbons (Fsp3) is 0.273. The Bertz CT molecular complexity index is 1230. The molecule has 29 heavy (non-hydrogen) atoms. The van der Waals surface area contributed by atoms with Crippen LogP contribution in [0.2, 0.25) is 0 Å².